The van der Waals surface area contributed by atoms with E-state index < -0.39 is 11.4 Å². The summed E-state index contributed by atoms with van der Waals surface area (Å²) in [4.78, 5) is 12.7. The number of pyridine rings is 1. The van der Waals surface area contributed by atoms with E-state index in [1.807, 2.05) is 48.5 Å². The second-order valence-corrected chi connectivity index (χ2v) is 6.35. The SMILES string of the molecule is COCCn1c(O)c(C#N)c(C)c(N=Nc2ccc(-c3ccccc3)cc2)c1=O. The summed E-state index contributed by atoms with van der Waals surface area (Å²) < 4.78 is 6.04. The number of ether oxygens (including phenoxy) is 1. The molecule has 0 aliphatic rings. The Morgan fingerprint density at radius 1 is 1.07 bits per heavy atom. The molecule has 0 atom stereocenters. The fourth-order valence-electron chi connectivity index (χ4n) is 2.91. The normalized spacial score (nSPS) is 10.9. The van der Waals surface area contributed by atoms with E-state index in [4.69, 9.17) is 4.74 Å². The van der Waals surface area contributed by atoms with Gasteiger partial charge in [0.15, 0.2) is 5.69 Å². The van der Waals surface area contributed by atoms with Gasteiger partial charge in [-0.1, -0.05) is 42.5 Å². The summed E-state index contributed by atoms with van der Waals surface area (Å²) >= 11 is 0. The molecule has 0 aliphatic carbocycles. The average Bonchev–Trinajstić information content (AvgIpc) is 2.75. The molecule has 1 N–H and O–H groups in total. The van der Waals surface area contributed by atoms with Gasteiger partial charge < -0.3 is 9.84 Å². The highest BCUT2D eigenvalue weighted by Gasteiger charge is 2.18. The van der Waals surface area contributed by atoms with Crippen LogP contribution in [0.4, 0.5) is 11.4 Å². The van der Waals surface area contributed by atoms with Gasteiger partial charge in [0.25, 0.3) is 5.56 Å². The quantitative estimate of drug-likeness (QED) is 0.630. The third kappa shape index (κ3) is 4.23. The van der Waals surface area contributed by atoms with Gasteiger partial charge in [-0.3, -0.25) is 9.36 Å². The average molecular weight is 388 g/mol. The van der Waals surface area contributed by atoms with Gasteiger partial charge in [-0.2, -0.15) is 10.4 Å². The monoisotopic (exact) mass is 388 g/mol. The molecule has 0 saturated carbocycles. The predicted octanol–water partition coefficient (Wildman–Crippen LogP) is 4.46. The maximum Gasteiger partial charge on any atom is 0.281 e. The van der Waals surface area contributed by atoms with E-state index >= 15 is 0 Å². The molecule has 29 heavy (non-hydrogen) atoms. The summed E-state index contributed by atoms with van der Waals surface area (Å²) in [6, 6.07) is 19.3. The molecule has 0 fully saturated rings. The van der Waals surface area contributed by atoms with Crippen LogP contribution in [0.3, 0.4) is 0 Å². The Hall–Kier alpha value is -3.76. The number of nitrogens with zero attached hydrogens (tertiary/aromatic N) is 4. The molecule has 1 heterocycles. The molecule has 0 spiro atoms. The molecule has 146 valence electrons. The number of aromatic hydroxyl groups is 1. The first-order valence-corrected chi connectivity index (χ1v) is 8.99. The van der Waals surface area contributed by atoms with Crippen LogP contribution in [0, 0.1) is 18.3 Å². The Morgan fingerprint density at radius 2 is 1.72 bits per heavy atom. The third-order valence-electron chi connectivity index (χ3n) is 4.53. The number of azo groups is 1. The van der Waals surface area contributed by atoms with Gasteiger partial charge in [0.1, 0.15) is 11.6 Å². The van der Waals surface area contributed by atoms with E-state index in [2.05, 4.69) is 10.2 Å². The molecule has 7 nitrogen and oxygen atoms in total. The molecular formula is C22H20N4O3. The van der Waals surface area contributed by atoms with E-state index in [0.29, 0.717) is 5.69 Å². The van der Waals surface area contributed by atoms with Crippen LogP contribution in [0.2, 0.25) is 0 Å². The lowest BCUT2D eigenvalue weighted by Gasteiger charge is -2.12. The molecule has 0 aliphatic heterocycles. The van der Waals surface area contributed by atoms with Crippen LogP contribution in [-0.2, 0) is 11.3 Å². The van der Waals surface area contributed by atoms with Crippen molar-refractivity contribution in [1.82, 2.24) is 4.57 Å². The minimum atomic E-state index is -0.527. The van der Waals surface area contributed by atoms with Crippen molar-refractivity contribution >= 4 is 11.4 Å². The van der Waals surface area contributed by atoms with E-state index in [1.54, 1.807) is 19.1 Å². The van der Waals surface area contributed by atoms with Crippen LogP contribution in [0.5, 0.6) is 5.88 Å². The maximum atomic E-state index is 12.7. The molecule has 2 aromatic carbocycles. The van der Waals surface area contributed by atoms with Crippen molar-refractivity contribution in [3.8, 4) is 23.1 Å². The zero-order chi connectivity index (χ0) is 20.8. The number of methoxy groups -OCH3 is 1. The van der Waals surface area contributed by atoms with E-state index in [9.17, 15) is 15.2 Å². The fourth-order valence-corrected chi connectivity index (χ4v) is 2.91. The first-order valence-electron chi connectivity index (χ1n) is 8.99. The Bertz CT molecular complexity index is 1130. The van der Waals surface area contributed by atoms with Crippen molar-refractivity contribution in [3.63, 3.8) is 0 Å². The minimum absolute atomic E-state index is 0.00548. The molecule has 3 rings (SSSR count). The fraction of sp³-hybridized carbons (Fsp3) is 0.182. The van der Waals surface area contributed by atoms with Crippen molar-refractivity contribution in [3.05, 3.63) is 76.1 Å². The molecule has 1 aromatic heterocycles. The number of hydrogen-bond acceptors (Lipinski definition) is 6. The third-order valence-corrected chi connectivity index (χ3v) is 4.53. The minimum Gasteiger partial charge on any atom is -0.493 e. The second kappa shape index (κ2) is 8.95. The first kappa shape index (κ1) is 20.0. The van der Waals surface area contributed by atoms with Crippen LogP contribution >= 0.6 is 0 Å². The zero-order valence-electron chi connectivity index (χ0n) is 16.2. The lowest BCUT2D eigenvalue weighted by molar-refractivity contribution is 0.182. The van der Waals surface area contributed by atoms with Crippen LogP contribution in [0.15, 0.2) is 69.6 Å². The molecule has 0 saturated heterocycles. The van der Waals surface area contributed by atoms with Gasteiger partial charge in [-0.25, -0.2) is 0 Å². The van der Waals surface area contributed by atoms with Crippen molar-refractivity contribution in [2.45, 2.75) is 13.5 Å². The highest BCUT2D eigenvalue weighted by atomic mass is 16.5. The van der Waals surface area contributed by atoms with Crippen LogP contribution in [-0.4, -0.2) is 23.4 Å². The summed E-state index contributed by atoms with van der Waals surface area (Å²) in [5.74, 6) is -0.391. The van der Waals surface area contributed by atoms with Crippen molar-refractivity contribution < 1.29 is 9.84 Å². The molecule has 0 bridgehead atoms. The van der Waals surface area contributed by atoms with E-state index in [1.165, 1.54) is 7.11 Å². The van der Waals surface area contributed by atoms with Gasteiger partial charge in [-0.05, 0) is 30.2 Å². The lowest BCUT2D eigenvalue weighted by Crippen LogP contribution is -2.23. The second-order valence-electron chi connectivity index (χ2n) is 6.35. The van der Waals surface area contributed by atoms with Gasteiger partial charge >= 0.3 is 0 Å². The van der Waals surface area contributed by atoms with Crippen LogP contribution in [0.1, 0.15) is 11.1 Å². The maximum absolute atomic E-state index is 12.7. The largest absolute Gasteiger partial charge is 0.493 e. The highest BCUT2D eigenvalue weighted by Crippen LogP contribution is 2.27. The Morgan fingerprint density at radius 3 is 2.34 bits per heavy atom. The topological polar surface area (TPSA) is 100.0 Å². The van der Waals surface area contributed by atoms with Crippen molar-refractivity contribution in [1.29, 1.82) is 5.26 Å². The van der Waals surface area contributed by atoms with Crippen molar-refractivity contribution in [2.75, 3.05) is 13.7 Å². The highest BCUT2D eigenvalue weighted by molar-refractivity contribution is 5.65. The number of benzene rings is 2. The molecular weight excluding hydrogens is 368 g/mol. The van der Waals surface area contributed by atoms with Crippen LogP contribution < -0.4 is 5.56 Å². The number of rotatable bonds is 6. The molecule has 3 aromatic rings. The van der Waals surface area contributed by atoms with Gasteiger partial charge in [0, 0.05) is 12.7 Å². The molecule has 0 amide bonds. The standard InChI is InChI=1S/C22H20N4O3/c1-15-19(14-23)21(27)26(12-13-29-2)22(28)20(15)25-24-18-10-8-17(9-11-18)16-6-4-3-5-7-16/h3-11,27H,12-13H2,1-2H3. The Kier molecular flexibility index (Phi) is 6.17. The first-order chi connectivity index (χ1) is 14.1. The summed E-state index contributed by atoms with van der Waals surface area (Å²) in [6.07, 6.45) is 0. The number of aromatic nitrogens is 1. The Balaban J connectivity index is 1.96. The van der Waals surface area contributed by atoms with Gasteiger partial charge in [0.2, 0.25) is 5.88 Å². The smallest absolute Gasteiger partial charge is 0.281 e. The van der Waals surface area contributed by atoms with Gasteiger partial charge in [-0.15, -0.1) is 5.11 Å². The molecule has 0 radical (unpaired) electrons. The van der Waals surface area contributed by atoms with Crippen molar-refractivity contribution in [2.24, 2.45) is 10.2 Å². The number of hydrogen-bond donors (Lipinski definition) is 1. The summed E-state index contributed by atoms with van der Waals surface area (Å²) in [5, 5.41) is 27.8. The van der Waals surface area contributed by atoms with E-state index in [0.717, 1.165) is 15.7 Å². The van der Waals surface area contributed by atoms with Crippen LogP contribution in [0.25, 0.3) is 11.1 Å². The zero-order valence-corrected chi connectivity index (χ0v) is 16.2. The summed E-state index contributed by atoms with van der Waals surface area (Å²) in [7, 11) is 1.49. The van der Waals surface area contributed by atoms with E-state index in [-0.39, 0.29) is 30.0 Å². The summed E-state index contributed by atoms with van der Waals surface area (Å²) in [6.45, 7) is 1.87. The molecule has 7 heteroatoms. The summed E-state index contributed by atoms with van der Waals surface area (Å²) in [5.41, 5.74) is 2.47. The predicted molar refractivity (Wildman–Crippen MR) is 110 cm³/mol. The molecule has 0 unspecified atom stereocenters. The lowest BCUT2D eigenvalue weighted by atomic mass is 10.1. The van der Waals surface area contributed by atoms with Gasteiger partial charge in [0.05, 0.1) is 18.8 Å². The number of nitriles is 1. The Labute approximate surface area is 168 Å².